The molecule has 1 aromatic carbocycles. The minimum absolute atomic E-state index is 0.0321. The summed E-state index contributed by atoms with van der Waals surface area (Å²) in [5.74, 6) is -3.09. The normalized spacial score (nSPS) is 18.5. The molecule has 1 amide bonds. The van der Waals surface area contributed by atoms with Crippen LogP contribution >= 0.6 is 0 Å². The number of alkyl halides is 2. The minimum Gasteiger partial charge on any atom is -0.434 e. The van der Waals surface area contributed by atoms with Gasteiger partial charge >= 0.3 is 6.61 Å². The second-order valence-electron chi connectivity index (χ2n) is 10.1. The van der Waals surface area contributed by atoms with E-state index in [-0.39, 0.29) is 36.1 Å². The number of carbonyl (C=O) groups is 1. The van der Waals surface area contributed by atoms with E-state index in [4.69, 9.17) is 30.9 Å². The smallest absolute Gasteiger partial charge is 0.387 e. The monoisotopic (exact) mass is 568 g/mol. The number of aromatic nitrogens is 4. The molecule has 11 nitrogen and oxygen atoms in total. The Morgan fingerprint density at radius 1 is 1.15 bits per heavy atom. The second-order valence-corrected chi connectivity index (χ2v) is 10.1. The zero-order valence-electron chi connectivity index (χ0n) is 22.4. The van der Waals surface area contributed by atoms with Crippen molar-refractivity contribution in [3.05, 3.63) is 77.6 Å². The molecule has 1 aliphatic carbocycles. The van der Waals surface area contributed by atoms with Crippen LogP contribution in [0.4, 0.5) is 8.78 Å². The topological polar surface area (TPSA) is 159 Å². The van der Waals surface area contributed by atoms with Crippen LogP contribution < -0.4 is 10.5 Å². The van der Waals surface area contributed by atoms with Gasteiger partial charge in [-0.15, -0.1) is 0 Å². The third-order valence-corrected chi connectivity index (χ3v) is 7.43. The molecule has 0 spiro atoms. The van der Waals surface area contributed by atoms with Crippen molar-refractivity contribution in [1.82, 2.24) is 24.5 Å². The first-order valence-electron chi connectivity index (χ1n) is 13.0. The Balaban J connectivity index is 0.000000327. The van der Waals surface area contributed by atoms with Crippen LogP contribution in [0.15, 0.2) is 55.2 Å². The molecule has 3 atom stereocenters. The average molecular weight is 569 g/mol. The first-order chi connectivity index (χ1) is 19.5. The molecule has 6 rings (SSSR count). The van der Waals surface area contributed by atoms with Gasteiger partial charge in [0.05, 0.1) is 17.3 Å². The fourth-order valence-corrected chi connectivity index (χ4v) is 5.49. The molecule has 41 heavy (non-hydrogen) atoms. The minimum atomic E-state index is -2.98. The van der Waals surface area contributed by atoms with Crippen LogP contribution in [-0.2, 0) is 0 Å². The summed E-state index contributed by atoms with van der Waals surface area (Å²) in [6.45, 7) is -1.18. The molecule has 0 saturated carbocycles. The van der Waals surface area contributed by atoms with E-state index >= 15 is 0 Å². The van der Waals surface area contributed by atoms with E-state index in [0.29, 0.717) is 24.0 Å². The van der Waals surface area contributed by atoms with Gasteiger partial charge in [0.1, 0.15) is 12.1 Å². The van der Waals surface area contributed by atoms with Gasteiger partial charge in [0.25, 0.3) is 11.9 Å². The van der Waals surface area contributed by atoms with Gasteiger partial charge in [-0.05, 0) is 42.7 Å². The highest BCUT2D eigenvalue weighted by Gasteiger charge is 2.46. The zero-order chi connectivity index (χ0) is 29.5. The summed E-state index contributed by atoms with van der Waals surface area (Å²) in [6.07, 6.45) is 7.76. The maximum atomic E-state index is 13.2. The van der Waals surface area contributed by atoms with E-state index in [0.717, 1.165) is 27.9 Å². The molecule has 2 aliphatic rings. The molecular weight excluding hydrogens is 538 g/mol. The molecule has 5 N–H and O–H groups in total. The number of carbonyl (C=O) groups excluding carboxylic acids is 1. The molecule has 13 heteroatoms. The van der Waals surface area contributed by atoms with Crippen molar-refractivity contribution in [2.75, 3.05) is 7.05 Å². The van der Waals surface area contributed by atoms with E-state index in [1.807, 2.05) is 18.3 Å². The van der Waals surface area contributed by atoms with Crippen LogP contribution in [0.5, 0.6) is 5.75 Å². The van der Waals surface area contributed by atoms with Crippen LogP contribution in [0.1, 0.15) is 65.3 Å². The highest BCUT2D eigenvalue weighted by Crippen LogP contribution is 2.53. The summed E-state index contributed by atoms with van der Waals surface area (Å²) >= 11 is 0. The summed E-state index contributed by atoms with van der Waals surface area (Å²) < 4.78 is 33.0. The summed E-state index contributed by atoms with van der Waals surface area (Å²) in [4.78, 5) is 23.0. The maximum Gasteiger partial charge on any atom is 0.387 e. The van der Waals surface area contributed by atoms with Crippen LogP contribution in [0, 0.1) is 0 Å². The fraction of sp³-hybridized carbons (Fsp3) is 0.357. The Labute approximate surface area is 233 Å². The molecule has 3 aromatic heterocycles. The number of amides is 1. The van der Waals surface area contributed by atoms with Crippen LogP contribution in [0.25, 0.3) is 16.6 Å². The van der Waals surface area contributed by atoms with E-state index in [1.54, 1.807) is 47.9 Å². The van der Waals surface area contributed by atoms with E-state index in [2.05, 4.69) is 9.97 Å². The van der Waals surface area contributed by atoms with Crippen molar-refractivity contribution >= 4 is 11.4 Å². The molecule has 4 heterocycles. The summed E-state index contributed by atoms with van der Waals surface area (Å²) in [5.41, 5.74) is 10.5. The van der Waals surface area contributed by atoms with Crippen molar-refractivity contribution in [1.29, 1.82) is 0 Å². The lowest BCUT2D eigenvalue weighted by Crippen LogP contribution is -2.36. The number of nitrogens with zero attached hydrogens (tertiary/aromatic N) is 5. The molecule has 216 valence electrons. The number of ether oxygens (including phenoxy) is 1. The van der Waals surface area contributed by atoms with Crippen LogP contribution in [0.3, 0.4) is 0 Å². The lowest BCUT2D eigenvalue weighted by molar-refractivity contribution is -0.316. The molecular formula is C28H30F2N6O5. The Bertz CT molecular complexity index is 1560. The van der Waals surface area contributed by atoms with Gasteiger partial charge in [0.2, 0.25) is 0 Å². The van der Waals surface area contributed by atoms with Gasteiger partial charge in [-0.1, -0.05) is 13.0 Å². The Kier molecular flexibility index (Phi) is 7.70. The first kappa shape index (κ1) is 28.5. The van der Waals surface area contributed by atoms with Gasteiger partial charge < -0.3 is 30.7 Å². The van der Waals surface area contributed by atoms with Gasteiger partial charge in [-0.25, -0.2) is 14.5 Å². The highest BCUT2D eigenvalue weighted by atomic mass is 19.3. The second kappa shape index (κ2) is 11.1. The largest absolute Gasteiger partial charge is 0.434 e. The Morgan fingerprint density at radius 3 is 2.51 bits per heavy atom. The number of hydrogen-bond donors (Lipinski definition) is 4. The number of halogens is 2. The molecule has 2 bridgehead atoms. The third kappa shape index (κ3) is 5.61. The van der Waals surface area contributed by atoms with Gasteiger partial charge in [0, 0.05) is 66.3 Å². The number of benzene rings is 1. The van der Waals surface area contributed by atoms with E-state index < -0.39 is 12.6 Å². The summed E-state index contributed by atoms with van der Waals surface area (Å²) in [7, 11) is 1.73. The molecule has 0 saturated heterocycles. The predicted molar refractivity (Wildman–Crippen MR) is 143 cm³/mol. The number of aliphatic hydroxyl groups is 3. The number of nitrogens with two attached hydrogens (primary N) is 1. The van der Waals surface area contributed by atoms with Crippen molar-refractivity contribution in [3.63, 3.8) is 0 Å². The van der Waals surface area contributed by atoms with Crippen LogP contribution in [0.2, 0.25) is 0 Å². The number of hydrogen-bond acceptors (Lipinski definition) is 9. The van der Waals surface area contributed by atoms with Crippen LogP contribution in [-0.4, -0.2) is 71.4 Å². The molecule has 0 fully saturated rings. The lowest BCUT2D eigenvalue weighted by atomic mass is 9.88. The number of pyridine rings is 1. The average Bonchev–Trinajstić information content (AvgIpc) is 3.45. The zero-order valence-corrected chi connectivity index (χ0v) is 22.4. The Morgan fingerprint density at radius 2 is 1.88 bits per heavy atom. The maximum absolute atomic E-state index is 13.2. The number of rotatable bonds is 6. The van der Waals surface area contributed by atoms with Crippen molar-refractivity contribution < 1.29 is 33.6 Å². The standard InChI is InChI=1S/C23H17F2N5O2.C5H13NO3/c1-29-17-8-15(19-14(22(29)31)3-2-4-18(19)32-23(24)25)20-16-7-12(13-9-26-11-27-10-13)5-6-30(16)28-21(17)20;1-2-4(6)3-5(7,8)9/h2-7,9-11,15,17,23H,8H2,1H3;4,7-9H,2-3,6H2,1H3. The predicted octanol–water partition coefficient (Wildman–Crippen LogP) is 2.80. The van der Waals surface area contributed by atoms with Crippen molar-refractivity contribution in [2.45, 2.75) is 56.8 Å². The van der Waals surface area contributed by atoms with Gasteiger partial charge in [-0.3, -0.25) is 4.79 Å². The SMILES string of the molecule is CCC(N)CC(O)(O)O.CN1C(=O)c2cccc(OC(F)F)c2C2CC1c1nn3ccc(-c4cncnc4)cc3c12. The summed E-state index contributed by atoms with van der Waals surface area (Å²) in [6, 6.07) is 8.06. The molecule has 4 aromatic rings. The quantitative estimate of drug-likeness (QED) is 0.257. The van der Waals surface area contributed by atoms with Gasteiger partial charge in [-0.2, -0.15) is 13.9 Å². The van der Waals surface area contributed by atoms with E-state index in [1.165, 1.54) is 12.4 Å². The van der Waals surface area contributed by atoms with Crippen molar-refractivity contribution in [2.24, 2.45) is 5.73 Å². The molecule has 3 unspecified atom stereocenters. The Hall–Kier alpha value is -4.04. The molecule has 0 radical (unpaired) electrons. The number of fused-ring (bicyclic) bond motifs is 9. The molecule has 1 aliphatic heterocycles. The van der Waals surface area contributed by atoms with E-state index in [9.17, 15) is 13.6 Å². The third-order valence-electron chi connectivity index (χ3n) is 7.43. The lowest BCUT2D eigenvalue weighted by Gasteiger charge is -2.23. The highest BCUT2D eigenvalue weighted by molar-refractivity contribution is 5.98. The fourth-order valence-electron chi connectivity index (χ4n) is 5.49. The first-order valence-corrected chi connectivity index (χ1v) is 13.0. The summed E-state index contributed by atoms with van der Waals surface area (Å²) in [5, 5.41) is 29.8. The van der Waals surface area contributed by atoms with Crippen molar-refractivity contribution in [3.8, 4) is 16.9 Å². The van der Waals surface area contributed by atoms with Gasteiger partial charge in [0.15, 0.2) is 0 Å².